The van der Waals surface area contributed by atoms with E-state index in [1.54, 1.807) is 0 Å². The van der Waals surface area contributed by atoms with Gasteiger partial charge in [0.1, 0.15) is 0 Å². The molecule has 0 saturated heterocycles. The quantitative estimate of drug-likeness (QED) is 0.408. The van der Waals surface area contributed by atoms with Crippen molar-refractivity contribution in [2.45, 2.75) is 48.4 Å². The lowest BCUT2D eigenvalue weighted by Gasteiger charge is -2.60. The minimum atomic E-state index is 0.332. The van der Waals surface area contributed by atoms with Gasteiger partial charge in [0.15, 0.2) is 5.78 Å². The molecule has 4 saturated carbocycles. The molecule has 0 aliphatic heterocycles. The maximum atomic E-state index is 12.6. The van der Waals surface area contributed by atoms with Gasteiger partial charge in [-0.3, -0.25) is 4.79 Å². The van der Waals surface area contributed by atoms with Crippen molar-refractivity contribution < 1.29 is 4.79 Å². The molecule has 1 aromatic carbocycles. The molecule has 4 fully saturated rings. The standard InChI is InChI=1S/C18H21IO/c19-18-9-13-6-14(10-18)8-17(7-13,12-18)11-16(20)15-4-2-1-3-5-15/h1-5,13-14H,6-12H2/t13-,14+,17?,18?. The summed E-state index contributed by atoms with van der Waals surface area (Å²) in [5, 5.41) is 0. The van der Waals surface area contributed by atoms with Crippen LogP contribution in [0, 0.1) is 17.3 Å². The molecular formula is C18H21IO. The zero-order chi connectivity index (χ0) is 13.8. The average Bonchev–Trinajstić information content (AvgIpc) is 2.36. The van der Waals surface area contributed by atoms with Crippen LogP contribution in [0.5, 0.6) is 0 Å². The Bertz CT molecular complexity index is 522. The van der Waals surface area contributed by atoms with Crippen molar-refractivity contribution >= 4 is 28.4 Å². The van der Waals surface area contributed by atoms with Crippen molar-refractivity contribution in [2.75, 3.05) is 0 Å². The number of hydrogen-bond acceptors (Lipinski definition) is 1. The Kier molecular flexibility index (Phi) is 3.03. The fourth-order valence-corrected chi connectivity index (χ4v) is 7.66. The summed E-state index contributed by atoms with van der Waals surface area (Å²) in [6, 6.07) is 9.89. The van der Waals surface area contributed by atoms with Crippen molar-refractivity contribution in [1.29, 1.82) is 0 Å². The van der Waals surface area contributed by atoms with Crippen molar-refractivity contribution in [3.63, 3.8) is 0 Å². The van der Waals surface area contributed by atoms with Gasteiger partial charge < -0.3 is 0 Å². The summed E-state index contributed by atoms with van der Waals surface area (Å²) in [5.41, 5.74) is 1.24. The Balaban J connectivity index is 1.58. The van der Waals surface area contributed by atoms with Crippen LogP contribution in [-0.2, 0) is 0 Å². The SMILES string of the molecule is O=C(CC12C[C@@H]3C[C@@H](CC(I)(C3)C1)C2)c1ccccc1. The maximum absolute atomic E-state index is 12.6. The summed E-state index contributed by atoms with van der Waals surface area (Å²) in [7, 11) is 0. The third-order valence-electron chi connectivity index (χ3n) is 5.74. The lowest BCUT2D eigenvalue weighted by Crippen LogP contribution is -2.53. The number of alkyl halides is 1. The highest BCUT2D eigenvalue weighted by Gasteiger charge is 2.56. The molecular weight excluding hydrogens is 359 g/mol. The molecule has 20 heavy (non-hydrogen) atoms. The Morgan fingerprint density at radius 3 is 2.35 bits per heavy atom. The molecule has 2 unspecified atom stereocenters. The summed E-state index contributed by atoms with van der Waals surface area (Å²) < 4.78 is 0.513. The molecule has 0 heterocycles. The molecule has 4 atom stereocenters. The monoisotopic (exact) mass is 380 g/mol. The lowest BCUT2D eigenvalue weighted by molar-refractivity contribution is -0.0321. The Morgan fingerprint density at radius 2 is 1.75 bits per heavy atom. The van der Waals surface area contributed by atoms with Gasteiger partial charge in [0.25, 0.3) is 0 Å². The molecule has 0 N–H and O–H groups in total. The average molecular weight is 380 g/mol. The highest BCUT2D eigenvalue weighted by Crippen LogP contribution is 2.65. The molecule has 2 heteroatoms. The van der Waals surface area contributed by atoms with Gasteiger partial charge in [-0.05, 0) is 55.8 Å². The second kappa shape index (κ2) is 4.56. The third-order valence-corrected chi connectivity index (χ3v) is 7.00. The van der Waals surface area contributed by atoms with Gasteiger partial charge in [0.05, 0.1) is 0 Å². The van der Waals surface area contributed by atoms with Gasteiger partial charge in [-0.15, -0.1) is 0 Å². The number of halogens is 1. The number of carbonyl (C=O) groups is 1. The predicted molar refractivity (Wildman–Crippen MR) is 89.3 cm³/mol. The second-order valence-electron chi connectivity index (χ2n) is 7.58. The molecule has 1 aromatic rings. The van der Waals surface area contributed by atoms with E-state index in [1.165, 1.54) is 38.5 Å². The molecule has 0 radical (unpaired) electrons. The van der Waals surface area contributed by atoms with Crippen LogP contribution in [0.4, 0.5) is 0 Å². The van der Waals surface area contributed by atoms with Crippen molar-refractivity contribution in [3.05, 3.63) is 35.9 Å². The molecule has 1 nitrogen and oxygen atoms in total. The summed E-state index contributed by atoms with van der Waals surface area (Å²) >= 11 is 2.73. The Hall–Kier alpha value is -0.380. The van der Waals surface area contributed by atoms with E-state index >= 15 is 0 Å². The zero-order valence-electron chi connectivity index (χ0n) is 11.8. The van der Waals surface area contributed by atoms with Crippen molar-refractivity contribution in [3.8, 4) is 0 Å². The first-order valence-corrected chi connectivity index (χ1v) is 8.91. The van der Waals surface area contributed by atoms with E-state index in [-0.39, 0.29) is 0 Å². The van der Waals surface area contributed by atoms with Crippen LogP contribution in [0.25, 0.3) is 0 Å². The van der Waals surface area contributed by atoms with Crippen LogP contribution in [-0.4, -0.2) is 9.20 Å². The van der Waals surface area contributed by atoms with Crippen LogP contribution in [0.15, 0.2) is 30.3 Å². The first kappa shape index (κ1) is 13.3. The van der Waals surface area contributed by atoms with E-state index in [9.17, 15) is 4.79 Å². The number of ketones is 1. The van der Waals surface area contributed by atoms with Gasteiger partial charge in [-0.2, -0.15) is 0 Å². The fraction of sp³-hybridized carbons (Fsp3) is 0.611. The fourth-order valence-electron chi connectivity index (χ4n) is 5.61. The van der Waals surface area contributed by atoms with Crippen LogP contribution in [0.3, 0.4) is 0 Å². The number of rotatable bonds is 3. The molecule has 4 aliphatic rings. The van der Waals surface area contributed by atoms with E-state index in [0.717, 1.165) is 23.8 Å². The van der Waals surface area contributed by atoms with E-state index in [2.05, 4.69) is 22.6 Å². The molecule has 5 rings (SSSR count). The lowest BCUT2D eigenvalue weighted by atomic mass is 9.48. The van der Waals surface area contributed by atoms with Crippen molar-refractivity contribution in [1.82, 2.24) is 0 Å². The Morgan fingerprint density at radius 1 is 1.10 bits per heavy atom. The smallest absolute Gasteiger partial charge is 0.163 e. The van der Waals surface area contributed by atoms with Crippen LogP contribution in [0.2, 0.25) is 0 Å². The summed E-state index contributed by atoms with van der Waals surface area (Å²) in [4.78, 5) is 12.6. The first-order chi connectivity index (χ1) is 9.56. The minimum Gasteiger partial charge on any atom is -0.294 e. The van der Waals surface area contributed by atoms with Crippen molar-refractivity contribution in [2.24, 2.45) is 17.3 Å². The normalized spacial score (nSPS) is 41.9. The molecule has 0 aromatic heterocycles. The number of benzene rings is 1. The van der Waals surface area contributed by atoms with Gasteiger partial charge in [-0.25, -0.2) is 0 Å². The highest BCUT2D eigenvalue weighted by atomic mass is 127. The molecule has 4 bridgehead atoms. The highest BCUT2D eigenvalue weighted by molar-refractivity contribution is 14.1. The number of carbonyl (C=O) groups excluding carboxylic acids is 1. The van der Waals surface area contributed by atoms with E-state index in [1.807, 2.05) is 30.3 Å². The number of Topliss-reactive ketones (excluding diaryl/α,β-unsaturated/α-hetero) is 1. The van der Waals surface area contributed by atoms with Crippen LogP contribution in [0.1, 0.15) is 55.3 Å². The maximum Gasteiger partial charge on any atom is 0.163 e. The van der Waals surface area contributed by atoms with Gasteiger partial charge >= 0.3 is 0 Å². The topological polar surface area (TPSA) is 17.1 Å². The molecule has 106 valence electrons. The molecule has 0 spiro atoms. The van der Waals surface area contributed by atoms with E-state index in [4.69, 9.17) is 0 Å². The minimum absolute atomic E-state index is 0.332. The van der Waals surface area contributed by atoms with Gasteiger partial charge in [-0.1, -0.05) is 52.9 Å². The summed E-state index contributed by atoms with van der Waals surface area (Å²) in [5.74, 6) is 2.17. The Labute approximate surface area is 134 Å². The van der Waals surface area contributed by atoms with E-state index in [0.29, 0.717) is 14.6 Å². The van der Waals surface area contributed by atoms with Crippen LogP contribution < -0.4 is 0 Å². The van der Waals surface area contributed by atoms with Crippen LogP contribution >= 0.6 is 22.6 Å². The summed E-state index contributed by atoms with van der Waals surface area (Å²) in [6.07, 6.45) is 8.95. The van der Waals surface area contributed by atoms with Gasteiger partial charge in [0.2, 0.25) is 0 Å². The number of hydrogen-bond donors (Lipinski definition) is 0. The zero-order valence-corrected chi connectivity index (χ0v) is 13.9. The van der Waals surface area contributed by atoms with Gasteiger partial charge in [0, 0.05) is 15.4 Å². The largest absolute Gasteiger partial charge is 0.294 e. The summed E-state index contributed by atoms with van der Waals surface area (Å²) in [6.45, 7) is 0. The first-order valence-electron chi connectivity index (χ1n) is 7.83. The third kappa shape index (κ3) is 2.24. The van der Waals surface area contributed by atoms with E-state index < -0.39 is 0 Å². The molecule has 0 amide bonds. The molecule has 4 aliphatic carbocycles. The predicted octanol–water partition coefficient (Wildman–Crippen LogP) is 5.03. The second-order valence-corrected chi connectivity index (χ2v) is 9.87.